The van der Waals surface area contributed by atoms with Crippen LogP contribution in [-0.2, 0) is 4.43 Å². The van der Waals surface area contributed by atoms with Crippen LogP contribution in [0.4, 0.5) is 4.79 Å². The van der Waals surface area contributed by atoms with Gasteiger partial charge in [0.2, 0.25) is 10.5 Å². The molecule has 0 aromatic heterocycles. The predicted molar refractivity (Wildman–Crippen MR) is 19.0 cm³/mol. The molecule has 5 heavy (non-hydrogen) atoms. The molecule has 0 aliphatic heterocycles. The maximum Gasteiger partial charge on any atom is 0.491 e. The van der Waals surface area contributed by atoms with Crippen molar-refractivity contribution in [3.63, 3.8) is 0 Å². The highest BCUT2D eigenvalue weighted by molar-refractivity contribution is 6.03. The van der Waals surface area contributed by atoms with Crippen LogP contribution in [-0.4, -0.2) is 21.7 Å². The Morgan fingerprint density at radius 2 is 2.20 bits per heavy atom. The largest absolute Gasteiger partial charge is 0.499 e. The number of hydrogen-bond donors (Lipinski definition) is 1. The lowest BCUT2D eigenvalue weighted by atomic mass is 11.5. The third-order valence-corrected chi connectivity index (χ3v) is 0.524. The van der Waals surface area contributed by atoms with Crippen molar-refractivity contribution in [1.29, 1.82) is 0 Å². The van der Waals surface area contributed by atoms with E-state index in [1.165, 1.54) is 0 Å². The van der Waals surface area contributed by atoms with Crippen LogP contribution in [0.15, 0.2) is 0 Å². The molecule has 1 N–H and O–H groups in total. The van der Waals surface area contributed by atoms with Gasteiger partial charge in [-0.1, -0.05) is 0 Å². The number of hydrogen-bond acceptors (Lipinski definition) is 2. The maximum atomic E-state index is 9.18. The standard InChI is InChI=1S/CH4O3Si/c2-1(3)4-5/h5H3,(H,2,3). The first-order chi connectivity index (χ1) is 2.27. The highest BCUT2D eigenvalue weighted by atomic mass is 28.2. The molecule has 0 heterocycles. The predicted octanol–water partition coefficient (Wildman–Crippen LogP) is -1.04. The minimum atomic E-state index is -1.18. The van der Waals surface area contributed by atoms with Crippen molar-refractivity contribution >= 4 is 16.6 Å². The zero-order chi connectivity index (χ0) is 4.28. The molecule has 4 heteroatoms. The summed E-state index contributed by atoms with van der Waals surface area (Å²) >= 11 is 0. The first-order valence-electron chi connectivity index (χ1n) is 1.04. The molecule has 0 atom stereocenters. The molecule has 0 amide bonds. The van der Waals surface area contributed by atoms with Gasteiger partial charge >= 0.3 is 6.16 Å². The summed E-state index contributed by atoms with van der Waals surface area (Å²) in [5.41, 5.74) is 0. The number of rotatable bonds is 0. The number of carboxylic acid groups (broad SMARTS) is 1. The molecular weight excluding hydrogens is 88.1 g/mol. The first-order valence-corrected chi connectivity index (χ1v) is 1.86. The van der Waals surface area contributed by atoms with Crippen molar-refractivity contribution in [2.75, 3.05) is 0 Å². The Kier molecular flexibility index (Phi) is 1.59. The van der Waals surface area contributed by atoms with Gasteiger partial charge in [-0.05, 0) is 0 Å². The zero-order valence-electron chi connectivity index (χ0n) is 2.76. The normalized spacial score (nSPS) is 7.20. The molecule has 0 radical (unpaired) electrons. The minimum absolute atomic E-state index is 0.274. The van der Waals surface area contributed by atoms with Gasteiger partial charge in [0.25, 0.3) is 0 Å². The summed E-state index contributed by atoms with van der Waals surface area (Å²) in [5, 5.41) is 7.53. The van der Waals surface area contributed by atoms with Crippen LogP contribution in [0.25, 0.3) is 0 Å². The van der Waals surface area contributed by atoms with Gasteiger partial charge in [0.15, 0.2) is 0 Å². The second-order valence-corrected chi connectivity index (χ2v) is 0.878. The van der Waals surface area contributed by atoms with E-state index in [0.29, 0.717) is 0 Å². The fraction of sp³-hybridized carbons (Fsp3) is 0. The Hall–Kier alpha value is -0.513. The number of carbonyl (C=O) groups is 1. The molecule has 0 rings (SSSR count). The Morgan fingerprint density at radius 1 is 2.00 bits per heavy atom. The fourth-order valence-electron chi connectivity index (χ4n) is 0. The van der Waals surface area contributed by atoms with Gasteiger partial charge in [0, 0.05) is 0 Å². The van der Waals surface area contributed by atoms with Crippen LogP contribution in [0.3, 0.4) is 0 Å². The van der Waals surface area contributed by atoms with Crippen molar-refractivity contribution in [2.24, 2.45) is 0 Å². The smallest absolute Gasteiger partial charge is 0.491 e. The van der Waals surface area contributed by atoms with Gasteiger partial charge in [-0.15, -0.1) is 0 Å². The molecule has 3 nitrogen and oxygen atoms in total. The molecule has 0 aliphatic rings. The molecule has 0 fully saturated rings. The third kappa shape index (κ3) is 3.49. The Morgan fingerprint density at radius 3 is 2.20 bits per heavy atom. The van der Waals surface area contributed by atoms with E-state index >= 15 is 0 Å². The summed E-state index contributed by atoms with van der Waals surface area (Å²) in [4.78, 5) is 9.18. The first kappa shape index (κ1) is 4.49. The lowest BCUT2D eigenvalue weighted by Crippen LogP contribution is -1.92. The summed E-state index contributed by atoms with van der Waals surface area (Å²) in [5.74, 6) is 0. The van der Waals surface area contributed by atoms with E-state index in [0.717, 1.165) is 0 Å². The van der Waals surface area contributed by atoms with Gasteiger partial charge < -0.3 is 9.53 Å². The molecular formula is CH4O3Si. The molecule has 0 aromatic carbocycles. The van der Waals surface area contributed by atoms with E-state index in [2.05, 4.69) is 4.43 Å². The quantitative estimate of drug-likeness (QED) is 0.388. The Bertz CT molecular complexity index is 42.2. The van der Waals surface area contributed by atoms with Crippen LogP contribution in [0, 0.1) is 0 Å². The van der Waals surface area contributed by atoms with E-state index in [4.69, 9.17) is 5.11 Å². The van der Waals surface area contributed by atoms with Crippen molar-refractivity contribution < 1.29 is 14.3 Å². The lowest BCUT2D eigenvalue weighted by Gasteiger charge is -1.80. The lowest BCUT2D eigenvalue weighted by molar-refractivity contribution is 0.148. The van der Waals surface area contributed by atoms with Gasteiger partial charge in [-0.3, -0.25) is 0 Å². The SMILES string of the molecule is O=C(O)O[SiH3]. The summed E-state index contributed by atoms with van der Waals surface area (Å²) in [6.07, 6.45) is -1.18. The van der Waals surface area contributed by atoms with E-state index in [1.807, 2.05) is 0 Å². The van der Waals surface area contributed by atoms with Crippen LogP contribution in [0.5, 0.6) is 0 Å². The third-order valence-electron chi connectivity index (χ3n) is 0.175. The summed E-state index contributed by atoms with van der Waals surface area (Å²) in [7, 11) is 0.274. The highest BCUT2D eigenvalue weighted by Gasteiger charge is 1.79. The minimum Gasteiger partial charge on any atom is -0.499 e. The van der Waals surface area contributed by atoms with E-state index in [9.17, 15) is 4.79 Å². The van der Waals surface area contributed by atoms with Gasteiger partial charge in [0.1, 0.15) is 0 Å². The summed E-state index contributed by atoms with van der Waals surface area (Å²) < 4.78 is 3.81. The molecule has 30 valence electrons. The van der Waals surface area contributed by atoms with Crippen LogP contribution < -0.4 is 0 Å². The average Bonchev–Trinajstić information content (AvgIpc) is 1.38. The van der Waals surface area contributed by atoms with Crippen molar-refractivity contribution in [3.8, 4) is 0 Å². The molecule has 0 saturated carbocycles. The zero-order valence-corrected chi connectivity index (χ0v) is 4.76. The second-order valence-electron chi connectivity index (χ2n) is 0.470. The summed E-state index contributed by atoms with van der Waals surface area (Å²) in [6.45, 7) is 0. The molecule has 0 aromatic rings. The van der Waals surface area contributed by atoms with Gasteiger partial charge in [-0.2, -0.15) is 0 Å². The van der Waals surface area contributed by atoms with Gasteiger partial charge in [-0.25, -0.2) is 4.79 Å². The van der Waals surface area contributed by atoms with Crippen molar-refractivity contribution in [3.05, 3.63) is 0 Å². The van der Waals surface area contributed by atoms with E-state index in [1.54, 1.807) is 0 Å². The van der Waals surface area contributed by atoms with E-state index in [-0.39, 0.29) is 10.5 Å². The molecule has 0 spiro atoms. The van der Waals surface area contributed by atoms with Crippen molar-refractivity contribution in [1.82, 2.24) is 0 Å². The van der Waals surface area contributed by atoms with Crippen molar-refractivity contribution in [2.45, 2.75) is 0 Å². The Labute approximate surface area is 32.1 Å². The van der Waals surface area contributed by atoms with E-state index < -0.39 is 6.16 Å². The average molecular weight is 92.1 g/mol. The molecule has 0 aliphatic carbocycles. The van der Waals surface area contributed by atoms with Crippen LogP contribution in [0.1, 0.15) is 0 Å². The molecule has 0 bridgehead atoms. The van der Waals surface area contributed by atoms with Gasteiger partial charge in [0.05, 0.1) is 0 Å². The molecule has 0 saturated heterocycles. The monoisotopic (exact) mass is 92.0 g/mol. The fourth-order valence-corrected chi connectivity index (χ4v) is 0. The molecule has 0 unspecified atom stereocenters. The highest BCUT2D eigenvalue weighted by Crippen LogP contribution is 1.59. The maximum absolute atomic E-state index is 9.18. The van der Waals surface area contributed by atoms with Crippen LogP contribution >= 0.6 is 0 Å². The Balaban J connectivity index is 2.85. The second kappa shape index (κ2) is 1.77. The van der Waals surface area contributed by atoms with Crippen LogP contribution in [0.2, 0.25) is 0 Å². The topological polar surface area (TPSA) is 46.5 Å². The summed E-state index contributed by atoms with van der Waals surface area (Å²) in [6, 6.07) is 0.